The van der Waals surface area contributed by atoms with Crippen LogP contribution in [0.4, 0.5) is 13.2 Å². The molecule has 1 fully saturated rings. The summed E-state index contributed by atoms with van der Waals surface area (Å²) in [6.07, 6.45) is -0.720. The first-order valence-electron chi connectivity index (χ1n) is 9.37. The van der Waals surface area contributed by atoms with E-state index in [-0.39, 0.29) is 5.92 Å². The Balaban J connectivity index is 1.54. The number of aryl methyl sites for hydroxylation is 2. The van der Waals surface area contributed by atoms with Gasteiger partial charge in [0.05, 0.1) is 11.3 Å². The summed E-state index contributed by atoms with van der Waals surface area (Å²) in [5.41, 5.74) is 3.02. The van der Waals surface area contributed by atoms with Gasteiger partial charge in [-0.1, -0.05) is 6.07 Å². The molecule has 4 rings (SSSR count). The molecular formula is C20H22F3N5. The fraction of sp³-hybridized carbons (Fsp3) is 0.450. The summed E-state index contributed by atoms with van der Waals surface area (Å²) in [5, 5.41) is 4.31. The van der Waals surface area contributed by atoms with E-state index in [1.807, 2.05) is 6.92 Å². The molecule has 3 aromatic rings. The van der Waals surface area contributed by atoms with Gasteiger partial charge in [0.25, 0.3) is 5.78 Å². The molecule has 0 amide bonds. The van der Waals surface area contributed by atoms with Crippen molar-refractivity contribution in [1.82, 2.24) is 24.5 Å². The number of rotatable bonds is 3. The number of hydrogen-bond donors (Lipinski definition) is 0. The normalized spacial score (nSPS) is 18.7. The van der Waals surface area contributed by atoms with E-state index in [2.05, 4.69) is 26.0 Å². The van der Waals surface area contributed by atoms with Crippen molar-refractivity contribution < 1.29 is 13.2 Å². The molecule has 1 unspecified atom stereocenters. The minimum absolute atomic E-state index is 0.286. The molecule has 1 atom stereocenters. The standard InChI is InChI=1S/C20H22F3N5/c1-13-8-17(20(21,22)23)6-5-15(13)10-27-7-3-4-16(11-27)18-9-14(2)26-19-24-12-25-28(18)19/h5-6,8-9,12,16H,3-4,7,10-11H2,1-2H3. The fourth-order valence-electron chi connectivity index (χ4n) is 3.98. The highest BCUT2D eigenvalue weighted by Crippen LogP contribution is 2.32. The zero-order valence-electron chi connectivity index (χ0n) is 15.9. The smallest absolute Gasteiger partial charge is 0.298 e. The van der Waals surface area contributed by atoms with Crippen molar-refractivity contribution in [3.05, 3.63) is 58.7 Å². The molecule has 0 radical (unpaired) electrons. The Morgan fingerprint density at radius 3 is 2.75 bits per heavy atom. The minimum atomic E-state index is -4.30. The third-order valence-corrected chi connectivity index (χ3v) is 5.40. The molecule has 1 aliphatic heterocycles. The number of piperidine rings is 1. The van der Waals surface area contributed by atoms with Crippen molar-refractivity contribution in [1.29, 1.82) is 0 Å². The molecule has 0 bridgehead atoms. The summed E-state index contributed by atoms with van der Waals surface area (Å²) < 4.78 is 40.5. The highest BCUT2D eigenvalue weighted by molar-refractivity contribution is 5.33. The van der Waals surface area contributed by atoms with E-state index in [1.54, 1.807) is 17.5 Å². The predicted octanol–water partition coefficient (Wildman–Crippen LogP) is 4.14. The number of hydrogen-bond acceptors (Lipinski definition) is 4. The molecule has 28 heavy (non-hydrogen) atoms. The number of aromatic nitrogens is 4. The van der Waals surface area contributed by atoms with E-state index in [1.165, 1.54) is 18.5 Å². The largest absolute Gasteiger partial charge is 0.416 e. The van der Waals surface area contributed by atoms with Crippen molar-refractivity contribution in [2.45, 2.75) is 45.3 Å². The van der Waals surface area contributed by atoms with Crippen LogP contribution in [0.2, 0.25) is 0 Å². The Morgan fingerprint density at radius 1 is 1.18 bits per heavy atom. The van der Waals surface area contributed by atoms with Gasteiger partial charge in [0.1, 0.15) is 6.33 Å². The Kier molecular flexibility index (Phi) is 4.82. The van der Waals surface area contributed by atoms with Crippen molar-refractivity contribution in [2.24, 2.45) is 0 Å². The third-order valence-electron chi connectivity index (χ3n) is 5.40. The Morgan fingerprint density at radius 2 is 2.00 bits per heavy atom. The summed E-state index contributed by atoms with van der Waals surface area (Å²) in [4.78, 5) is 10.9. The van der Waals surface area contributed by atoms with Crippen LogP contribution < -0.4 is 0 Å². The van der Waals surface area contributed by atoms with Gasteiger partial charge in [0.2, 0.25) is 0 Å². The molecule has 3 heterocycles. The van der Waals surface area contributed by atoms with Crippen molar-refractivity contribution in [3.8, 4) is 0 Å². The topological polar surface area (TPSA) is 46.3 Å². The molecule has 1 aromatic carbocycles. The zero-order chi connectivity index (χ0) is 19.9. The second-order valence-corrected chi connectivity index (χ2v) is 7.51. The van der Waals surface area contributed by atoms with Crippen LogP contribution in [0.5, 0.6) is 0 Å². The van der Waals surface area contributed by atoms with Gasteiger partial charge in [-0.15, -0.1) is 0 Å². The molecule has 0 saturated carbocycles. The molecule has 0 N–H and O–H groups in total. The Hall–Kier alpha value is -2.48. The summed E-state index contributed by atoms with van der Waals surface area (Å²) >= 11 is 0. The van der Waals surface area contributed by atoms with Crippen LogP contribution in [0.1, 0.15) is 46.8 Å². The van der Waals surface area contributed by atoms with Gasteiger partial charge in [-0.3, -0.25) is 4.90 Å². The average Bonchev–Trinajstić information content (AvgIpc) is 3.10. The Bertz CT molecular complexity index is 995. The zero-order valence-corrected chi connectivity index (χ0v) is 15.9. The van der Waals surface area contributed by atoms with E-state index in [0.29, 0.717) is 17.9 Å². The van der Waals surface area contributed by atoms with E-state index in [4.69, 9.17) is 0 Å². The van der Waals surface area contributed by atoms with Gasteiger partial charge in [-0.2, -0.15) is 23.3 Å². The molecule has 1 saturated heterocycles. The number of halogens is 3. The molecule has 2 aromatic heterocycles. The second kappa shape index (κ2) is 7.16. The average molecular weight is 389 g/mol. The molecule has 8 heteroatoms. The highest BCUT2D eigenvalue weighted by atomic mass is 19.4. The van der Waals surface area contributed by atoms with Gasteiger partial charge < -0.3 is 0 Å². The maximum Gasteiger partial charge on any atom is 0.416 e. The van der Waals surface area contributed by atoms with Gasteiger partial charge in [0.15, 0.2) is 0 Å². The van der Waals surface area contributed by atoms with Crippen molar-refractivity contribution in [2.75, 3.05) is 13.1 Å². The van der Waals surface area contributed by atoms with Crippen LogP contribution in [-0.4, -0.2) is 37.6 Å². The number of nitrogens with zero attached hydrogens (tertiary/aromatic N) is 5. The number of fused-ring (bicyclic) bond motifs is 1. The monoisotopic (exact) mass is 389 g/mol. The lowest BCUT2D eigenvalue weighted by molar-refractivity contribution is -0.137. The van der Waals surface area contributed by atoms with Crippen LogP contribution in [0, 0.1) is 13.8 Å². The Labute approximate surface area is 161 Å². The summed E-state index contributed by atoms with van der Waals surface area (Å²) in [7, 11) is 0. The first-order chi connectivity index (χ1) is 13.3. The minimum Gasteiger partial charge on any atom is -0.298 e. The molecule has 0 aliphatic carbocycles. The maximum absolute atomic E-state index is 12.9. The SMILES string of the molecule is Cc1cc(C2CCCN(Cc3ccc(C(F)(F)F)cc3C)C2)n2ncnc2n1. The van der Waals surface area contributed by atoms with Crippen molar-refractivity contribution >= 4 is 5.78 Å². The van der Waals surface area contributed by atoms with Crippen LogP contribution in [0.3, 0.4) is 0 Å². The lowest BCUT2D eigenvalue weighted by Crippen LogP contribution is -2.35. The molecular weight excluding hydrogens is 367 g/mol. The van der Waals surface area contributed by atoms with Crippen LogP contribution in [-0.2, 0) is 12.7 Å². The van der Waals surface area contributed by atoms with E-state index < -0.39 is 11.7 Å². The highest BCUT2D eigenvalue weighted by Gasteiger charge is 2.31. The van der Waals surface area contributed by atoms with Gasteiger partial charge in [-0.25, -0.2) is 9.50 Å². The first kappa shape index (κ1) is 18.9. The number of alkyl halides is 3. The number of likely N-dealkylation sites (tertiary alicyclic amines) is 1. The molecule has 5 nitrogen and oxygen atoms in total. The van der Waals surface area contributed by atoms with Gasteiger partial charge in [0, 0.05) is 24.7 Å². The van der Waals surface area contributed by atoms with E-state index >= 15 is 0 Å². The predicted molar refractivity (Wildman–Crippen MR) is 99.0 cm³/mol. The summed E-state index contributed by atoms with van der Waals surface area (Å²) in [5.74, 6) is 0.889. The van der Waals surface area contributed by atoms with E-state index in [0.717, 1.165) is 42.9 Å². The van der Waals surface area contributed by atoms with Gasteiger partial charge in [-0.05, 0) is 62.6 Å². The van der Waals surface area contributed by atoms with Crippen molar-refractivity contribution in [3.63, 3.8) is 0 Å². The quantitative estimate of drug-likeness (QED) is 0.676. The molecule has 1 aliphatic rings. The van der Waals surface area contributed by atoms with Crippen LogP contribution in [0.15, 0.2) is 30.6 Å². The molecule has 0 spiro atoms. The maximum atomic E-state index is 12.9. The fourth-order valence-corrected chi connectivity index (χ4v) is 3.98. The van der Waals surface area contributed by atoms with Crippen LogP contribution in [0.25, 0.3) is 5.78 Å². The lowest BCUT2D eigenvalue weighted by atomic mass is 9.93. The third kappa shape index (κ3) is 3.73. The second-order valence-electron chi connectivity index (χ2n) is 7.51. The van der Waals surface area contributed by atoms with E-state index in [9.17, 15) is 13.2 Å². The number of benzene rings is 1. The summed E-state index contributed by atoms with van der Waals surface area (Å²) in [6, 6.07) is 6.07. The summed E-state index contributed by atoms with van der Waals surface area (Å²) in [6.45, 7) is 6.10. The van der Waals surface area contributed by atoms with Gasteiger partial charge >= 0.3 is 6.18 Å². The van der Waals surface area contributed by atoms with Crippen LogP contribution >= 0.6 is 0 Å². The molecule has 148 valence electrons. The first-order valence-corrected chi connectivity index (χ1v) is 9.37. The lowest BCUT2D eigenvalue weighted by Gasteiger charge is -2.33.